The molecule has 1 fully saturated rings. The zero-order valence-electron chi connectivity index (χ0n) is 19.6. The number of sulfone groups is 1. The lowest BCUT2D eigenvalue weighted by molar-refractivity contribution is -0.0435. The van der Waals surface area contributed by atoms with Crippen LogP contribution in [0.25, 0.3) is 0 Å². The van der Waals surface area contributed by atoms with Gasteiger partial charge in [0.2, 0.25) is 10.0 Å². The Morgan fingerprint density at radius 1 is 0.972 bits per heavy atom. The van der Waals surface area contributed by atoms with E-state index in [0.29, 0.717) is 24.8 Å². The maximum absolute atomic E-state index is 13.5. The number of nitrogens with zero attached hydrogens (tertiary/aromatic N) is 1. The molecule has 0 radical (unpaired) electrons. The van der Waals surface area contributed by atoms with Crippen LogP contribution in [0.4, 0.5) is 18.9 Å². The normalized spacial score (nSPS) is 16.9. The van der Waals surface area contributed by atoms with Crippen LogP contribution in [-0.2, 0) is 19.9 Å². The first-order valence-corrected chi connectivity index (χ1v) is 15.5. The Labute approximate surface area is 214 Å². The number of benzene rings is 2. The number of nitrogens with one attached hydrogen (secondary N) is 1. The molecule has 0 bridgehead atoms. The molecular formula is C23H30F3N3O4S3. The molecule has 0 spiro atoms. The van der Waals surface area contributed by atoms with Gasteiger partial charge in [-0.1, -0.05) is 31.0 Å². The molecule has 3 N–H and O–H groups in total. The van der Waals surface area contributed by atoms with Crippen LogP contribution in [0.1, 0.15) is 32.1 Å². The molecule has 1 saturated heterocycles. The number of likely N-dealkylation sites (tertiary alicyclic amines) is 1. The first kappa shape index (κ1) is 28.8. The van der Waals surface area contributed by atoms with E-state index >= 15 is 0 Å². The van der Waals surface area contributed by atoms with Gasteiger partial charge in [-0.3, -0.25) is 0 Å². The van der Waals surface area contributed by atoms with Gasteiger partial charge in [-0.25, -0.2) is 22.0 Å². The molecule has 200 valence electrons. The monoisotopic (exact) mass is 565 g/mol. The number of alkyl halides is 3. The number of sulfonamides is 1. The quantitative estimate of drug-likeness (QED) is 0.409. The first-order valence-electron chi connectivity index (χ1n) is 11.5. The van der Waals surface area contributed by atoms with Crippen molar-refractivity contribution in [1.82, 2.24) is 4.90 Å². The minimum Gasteiger partial charge on any atom is -0.380 e. The Bertz CT molecular complexity index is 1220. The van der Waals surface area contributed by atoms with Crippen LogP contribution in [0.2, 0.25) is 0 Å². The van der Waals surface area contributed by atoms with Crippen molar-refractivity contribution in [2.45, 2.75) is 58.3 Å². The molecule has 2 aromatic rings. The van der Waals surface area contributed by atoms with Crippen molar-refractivity contribution >= 4 is 37.3 Å². The van der Waals surface area contributed by atoms with Gasteiger partial charge >= 0.3 is 5.51 Å². The molecular weight excluding hydrogens is 535 g/mol. The van der Waals surface area contributed by atoms with Crippen LogP contribution >= 0.6 is 11.8 Å². The summed E-state index contributed by atoms with van der Waals surface area (Å²) in [6, 6.07) is 11.6. The van der Waals surface area contributed by atoms with Crippen molar-refractivity contribution in [2.24, 2.45) is 5.14 Å². The lowest BCUT2D eigenvalue weighted by atomic mass is 10.2. The van der Waals surface area contributed by atoms with Crippen molar-refractivity contribution in [3.63, 3.8) is 0 Å². The number of primary sulfonamides is 1. The zero-order valence-corrected chi connectivity index (χ0v) is 22.0. The first-order chi connectivity index (χ1) is 16.9. The number of thioether (sulfide) groups is 1. The molecule has 3 rings (SSSR count). The summed E-state index contributed by atoms with van der Waals surface area (Å²) in [4.78, 5) is 1.40. The fourth-order valence-corrected chi connectivity index (χ4v) is 6.53. The summed E-state index contributed by atoms with van der Waals surface area (Å²) < 4.78 is 88.5. The van der Waals surface area contributed by atoms with E-state index in [4.69, 9.17) is 5.14 Å². The second kappa shape index (κ2) is 12.2. The van der Waals surface area contributed by atoms with E-state index in [1.807, 2.05) is 30.3 Å². The molecule has 2 aromatic carbocycles. The molecule has 13 heteroatoms. The van der Waals surface area contributed by atoms with Crippen LogP contribution < -0.4 is 10.5 Å². The molecule has 0 aliphatic carbocycles. The molecule has 1 heterocycles. The maximum atomic E-state index is 13.5. The van der Waals surface area contributed by atoms with E-state index in [-0.39, 0.29) is 11.7 Å². The highest BCUT2D eigenvalue weighted by Crippen LogP contribution is 2.36. The third-order valence-corrected chi connectivity index (χ3v) is 9.53. The molecule has 1 aliphatic rings. The number of hydrogen-bond acceptors (Lipinski definition) is 7. The van der Waals surface area contributed by atoms with Crippen LogP contribution in [0.15, 0.2) is 63.2 Å². The number of hydrogen-bond donors (Lipinski definition) is 2. The Hall–Kier alpha value is -1.80. The summed E-state index contributed by atoms with van der Waals surface area (Å²) in [5.41, 5.74) is -5.92. The van der Waals surface area contributed by atoms with E-state index in [2.05, 4.69) is 10.2 Å². The van der Waals surface area contributed by atoms with Crippen molar-refractivity contribution < 1.29 is 30.0 Å². The van der Waals surface area contributed by atoms with Gasteiger partial charge in [-0.2, -0.15) is 13.2 Å². The third kappa shape index (κ3) is 7.85. The van der Waals surface area contributed by atoms with Gasteiger partial charge in [0, 0.05) is 23.2 Å². The molecule has 7 nitrogen and oxygen atoms in total. The fraction of sp³-hybridized carbons (Fsp3) is 0.478. The van der Waals surface area contributed by atoms with Crippen LogP contribution in [-0.4, -0.2) is 58.7 Å². The summed E-state index contributed by atoms with van der Waals surface area (Å²) >= 11 is 1.50. The van der Waals surface area contributed by atoms with Crippen LogP contribution in [0.5, 0.6) is 0 Å². The van der Waals surface area contributed by atoms with Crippen molar-refractivity contribution in [3.05, 3.63) is 48.5 Å². The smallest absolute Gasteiger partial charge is 0.380 e. The second-order valence-electron chi connectivity index (χ2n) is 8.66. The molecule has 1 aliphatic heterocycles. The predicted octanol–water partition coefficient (Wildman–Crippen LogP) is 4.47. The highest BCUT2D eigenvalue weighted by atomic mass is 32.2. The zero-order chi connectivity index (χ0) is 26.4. The minimum atomic E-state index is -5.84. The van der Waals surface area contributed by atoms with Crippen LogP contribution in [0.3, 0.4) is 0 Å². The van der Waals surface area contributed by atoms with E-state index < -0.39 is 35.2 Å². The Balaban J connectivity index is 1.91. The summed E-state index contributed by atoms with van der Waals surface area (Å²) in [7, 11) is -10.3. The predicted molar refractivity (Wildman–Crippen MR) is 135 cm³/mol. The molecule has 1 atom stereocenters. The van der Waals surface area contributed by atoms with Gasteiger partial charge in [-0.15, -0.1) is 11.8 Å². The van der Waals surface area contributed by atoms with Crippen molar-refractivity contribution in [2.75, 3.05) is 30.7 Å². The minimum absolute atomic E-state index is 0.311. The number of rotatable bonds is 10. The van der Waals surface area contributed by atoms with E-state index in [9.17, 15) is 30.0 Å². The highest BCUT2D eigenvalue weighted by molar-refractivity contribution is 7.99. The van der Waals surface area contributed by atoms with Crippen molar-refractivity contribution in [3.8, 4) is 0 Å². The van der Waals surface area contributed by atoms with Gasteiger partial charge in [0.25, 0.3) is 9.84 Å². The Kier molecular flexibility index (Phi) is 9.72. The standard InChI is InChI=1S/C23H30F3N3O4S3/c24-23(25,26)35(30,31)22-16-20(36(27,32)33)10-11-21(22)28-18(17-34-19-8-4-3-5-9-19)12-15-29-13-6-1-2-7-14-29/h3-5,8-11,16,18,28H,1-2,6-7,12-15,17H2,(H2,27,32,33)/t18-/m1/s1. The van der Waals surface area contributed by atoms with Gasteiger partial charge in [0.1, 0.15) is 4.90 Å². The topological polar surface area (TPSA) is 110 Å². The number of anilines is 1. The van der Waals surface area contributed by atoms with E-state index in [1.165, 1.54) is 11.8 Å². The summed E-state index contributed by atoms with van der Waals surface area (Å²) in [5, 5.41) is 8.02. The molecule has 0 amide bonds. The van der Waals surface area contributed by atoms with Gasteiger partial charge in [0.05, 0.1) is 10.6 Å². The molecule has 36 heavy (non-hydrogen) atoms. The molecule has 0 unspecified atom stereocenters. The summed E-state index contributed by atoms with van der Waals surface area (Å²) in [6.07, 6.45) is 5.05. The molecule has 0 saturated carbocycles. The lowest BCUT2D eigenvalue weighted by Crippen LogP contribution is -2.33. The SMILES string of the molecule is NS(=O)(=O)c1ccc(N[C@H](CCN2CCCCCC2)CSc2ccccc2)c(S(=O)(=O)C(F)(F)F)c1. The van der Waals surface area contributed by atoms with E-state index in [1.54, 1.807) is 0 Å². The highest BCUT2D eigenvalue weighted by Gasteiger charge is 2.48. The van der Waals surface area contributed by atoms with Gasteiger partial charge in [0.15, 0.2) is 0 Å². The summed E-state index contributed by atoms with van der Waals surface area (Å²) in [5.74, 6) is 0.459. The van der Waals surface area contributed by atoms with Gasteiger partial charge in [-0.05, 0) is 62.7 Å². The summed E-state index contributed by atoms with van der Waals surface area (Å²) in [6.45, 7) is 2.58. The maximum Gasteiger partial charge on any atom is 0.501 e. The average molecular weight is 566 g/mol. The average Bonchev–Trinajstić information content (AvgIpc) is 3.09. The fourth-order valence-electron chi connectivity index (χ4n) is 3.97. The molecule has 0 aromatic heterocycles. The van der Waals surface area contributed by atoms with Gasteiger partial charge < -0.3 is 10.2 Å². The Morgan fingerprint density at radius 3 is 2.19 bits per heavy atom. The largest absolute Gasteiger partial charge is 0.501 e. The number of halogens is 3. The van der Waals surface area contributed by atoms with E-state index in [0.717, 1.165) is 55.8 Å². The number of nitrogens with two attached hydrogens (primary N) is 1. The Morgan fingerprint density at radius 2 is 1.61 bits per heavy atom. The lowest BCUT2D eigenvalue weighted by Gasteiger charge is -2.26. The third-order valence-electron chi connectivity index (χ3n) is 5.92. The van der Waals surface area contributed by atoms with Crippen LogP contribution in [0, 0.1) is 0 Å². The van der Waals surface area contributed by atoms with Crippen molar-refractivity contribution in [1.29, 1.82) is 0 Å². The second-order valence-corrected chi connectivity index (χ2v) is 13.2.